The third-order valence-electron chi connectivity index (χ3n) is 8.52. The van der Waals surface area contributed by atoms with Gasteiger partial charge >= 0.3 is 0 Å². The molecule has 7 rings (SSSR count). The van der Waals surface area contributed by atoms with Gasteiger partial charge < -0.3 is 30.3 Å². The van der Waals surface area contributed by atoms with Crippen LogP contribution in [0.15, 0.2) is 42.5 Å². The highest BCUT2D eigenvalue weighted by Crippen LogP contribution is 2.37. The van der Waals surface area contributed by atoms with Gasteiger partial charge in [-0.3, -0.25) is 9.89 Å². The van der Waals surface area contributed by atoms with Gasteiger partial charge in [0.25, 0.3) is 0 Å². The van der Waals surface area contributed by atoms with E-state index in [-0.39, 0.29) is 11.8 Å². The number of rotatable bonds is 9. The Labute approximate surface area is 250 Å². The standard InChI is InChI=1S/C32H38N8O3/c1-42-26-19-24(40-14-16-43-17-15-40)12-13-25(26)35-32-36-29(33-22-7-3-2-4-8-22)27-28(38-39-30(27)37-32)21-6-5-9-23(18-21)34-31(41)20-10-11-20/h5-6,9,12-13,18-20,22H,2-4,7-8,10-11,14-17H2,1H3,(H,34,41)(H3,33,35,36,37,38,39). The number of carbonyl (C=O) groups excluding carboxylic acids is 1. The van der Waals surface area contributed by atoms with Crippen molar-refractivity contribution in [2.75, 3.05) is 54.3 Å². The first-order valence-electron chi connectivity index (χ1n) is 15.4. The summed E-state index contributed by atoms with van der Waals surface area (Å²) < 4.78 is 11.3. The van der Waals surface area contributed by atoms with E-state index in [2.05, 4.69) is 37.1 Å². The van der Waals surface area contributed by atoms with Crippen LogP contribution in [0.3, 0.4) is 0 Å². The molecular weight excluding hydrogens is 544 g/mol. The largest absolute Gasteiger partial charge is 0.494 e. The number of benzene rings is 2. The molecule has 2 aromatic heterocycles. The van der Waals surface area contributed by atoms with Crippen LogP contribution >= 0.6 is 0 Å². The first-order chi connectivity index (χ1) is 21.1. The molecule has 1 amide bonds. The van der Waals surface area contributed by atoms with Crippen LogP contribution in [0, 0.1) is 5.92 Å². The zero-order valence-corrected chi connectivity index (χ0v) is 24.5. The van der Waals surface area contributed by atoms with E-state index in [9.17, 15) is 4.79 Å². The van der Waals surface area contributed by atoms with Crippen molar-refractivity contribution in [2.24, 2.45) is 5.92 Å². The summed E-state index contributed by atoms with van der Waals surface area (Å²) in [5.41, 5.74) is 4.89. The van der Waals surface area contributed by atoms with Crippen LogP contribution in [0.1, 0.15) is 44.9 Å². The molecule has 2 aromatic carbocycles. The number of morpholine rings is 1. The Bertz CT molecular complexity index is 1610. The monoisotopic (exact) mass is 582 g/mol. The number of ether oxygens (including phenoxy) is 2. The number of hydrogen-bond acceptors (Lipinski definition) is 9. The van der Waals surface area contributed by atoms with Crippen molar-refractivity contribution in [3.63, 3.8) is 0 Å². The van der Waals surface area contributed by atoms with Crippen molar-refractivity contribution in [1.82, 2.24) is 20.2 Å². The maximum atomic E-state index is 12.4. The number of anilines is 5. The Hall–Kier alpha value is -4.38. The van der Waals surface area contributed by atoms with E-state index in [1.165, 1.54) is 19.3 Å². The SMILES string of the molecule is COc1cc(N2CCOCC2)ccc1Nc1nc(NC2CCCCC2)c2c(-c3cccc(NC(=O)C4CC4)c3)n[nH]c2n1. The first kappa shape index (κ1) is 27.5. The summed E-state index contributed by atoms with van der Waals surface area (Å²) in [4.78, 5) is 24.5. The number of nitrogens with zero attached hydrogens (tertiary/aromatic N) is 4. The number of aromatic amines is 1. The number of aromatic nitrogens is 4. The van der Waals surface area contributed by atoms with Crippen molar-refractivity contribution >= 4 is 45.8 Å². The predicted octanol–water partition coefficient (Wildman–Crippen LogP) is 5.70. The van der Waals surface area contributed by atoms with Gasteiger partial charge in [0.1, 0.15) is 17.3 Å². The third-order valence-corrected chi connectivity index (χ3v) is 8.52. The molecule has 2 aliphatic carbocycles. The highest BCUT2D eigenvalue weighted by atomic mass is 16.5. The maximum absolute atomic E-state index is 12.4. The van der Waals surface area contributed by atoms with Gasteiger partial charge in [-0.1, -0.05) is 31.4 Å². The summed E-state index contributed by atoms with van der Waals surface area (Å²) in [5, 5.41) is 18.8. The summed E-state index contributed by atoms with van der Waals surface area (Å²) in [6.07, 6.45) is 7.78. The second-order valence-electron chi connectivity index (χ2n) is 11.6. The Balaban J connectivity index is 1.22. The van der Waals surface area contributed by atoms with Gasteiger partial charge in [-0.2, -0.15) is 15.1 Å². The molecule has 11 nitrogen and oxygen atoms in total. The number of H-pyrrole nitrogens is 1. The van der Waals surface area contributed by atoms with Crippen LogP contribution in [0.25, 0.3) is 22.3 Å². The molecule has 3 aliphatic rings. The van der Waals surface area contributed by atoms with Crippen LogP contribution in [0.2, 0.25) is 0 Å². The Morgan fingerprint density at radius 2 is 1.86 bits per heavy atom. The molecule has 43 heavy (non-hydrogen) atoms. The number of amides is 1. The minimum atomic E-state index is 0.0798. The fraction of sp³-hybridized carbons (Fsp3) is 0.438. The second kappa shape index (κ2) is 12.1. The Morgan fingerprint density at radius 3 is 2.65 bits per heavy atom. The van der Waals surface area contributed by atoms with Gasteiger partial charge in [-0.05, 0) is 49.9 Å². The van der Waals surface area contributed by atoms with Crippen LogP contribution in [0.4, 0.5) is 28.8 Å². The molecule has 11 heteroatoms. The maximum Gasteiger partial charge on any atom is 0.231 e. The van der Waals surface area contributed by atoms with E-state index in [1.54, 1.807) is 7.11 Å². The van der Waals surface area contributed by atoms with E-state index in [4.69, 9.17) is 19.4 Å². The van der Waals surface area contributed by atoms with Crippen molar-refractivity contribution < 1.29 is 14.3 Å². The molecule has 3 heterocycles. The number of methoxy groups -OCH3 is 1. The molecule has 1 aliphatic heterocycles. The van der Waals surface area contributed by atoms with Crippen molar-refractivity contribution in [1.29, 1.82) is 0 Å². The average Bonchev–Trinajstić information content (AvgIpc) is 3.81. The molecule has 4 N–H and O–H groups in total. The van der Waals surface area contributed by atoms with Crippen molar-refractivity contribution in [2.45, 2.75) is 51.0 Å². The lowest BCUT2D eigenvalue weighted by Crippen LogP contribution is -2.36. The van der Waals surface area contributed by atoms with Crippen LogP contribution in [-0.2, 0) is 9.53 Å². The normalized spacial score (nSPS) is 17.6. The molecule has 224 valence electrons. The quantitative estimate of drug-likeness (QED) is 0.196. The minimum Gasteiger partial charge on any atom is -0.494 e. The number of carbonyl (C=O) groups is 1. The summed E-state index contributed by atoms with van der Waals surface area (Å²) in [7, 11) is 1.67. The Morgan fingerprint density at radius 1 is 1.02 bits per heavy atom. The van der Waals surface area contributed by atoms with Crippen molar-refractivity contribution in [3.8, 4) is 17.0 Å². The smallest absolute Gasteiger partial charge is 0.231 e. The molecule has 0 bridgehead atoms. The topological polar surface area (TPSA) is 129 Å². The highest BCUT2D eigenvalue weighted by molar-refractivity contribution is 6.01. The van der Waals surface area contributed by atoms with Gasteiger partial charge in [0.2, 0.25) is 11.9 Å². The molecule has 3 fully saturated rings. The van der Waals surface area contributed by atoms with Gasteiger partial charge in [0.05, 0.1) is 31.4 Å². The van der Waals surface area contributed by atoms with Crippen LogP contribution in [-0.4, -0.2) is 65.5 Å². The van der Waals surface area contributed by atoms with E-state index < -0.39 is 0 Å². The predicted molar refractivity (Wildman–Crippen MR) is 168 cm³/mol. The first-order valence-corrected chi connectivity index (χ1v) is 15.4. The van der Waals surface area contributed by atoms with Crippen LogP contribution in [0.5, 0.6) is 5.75 Å². The lowest BCUT2D eigenvalue weighted by Gasteiger charge is -2.29. The third kappa shape index (κ3) is 6.08. The van der Waals surface area contributed by atoms with E-state index in [0.29, 0.717) is 23.4 Å². The van der Waals surface area contributed by atoms with Crippen LogP contribution < -0.4 is 25.6 Å². The molecule has 0 spiro atoms. The Kier molecular flexibility index (Phi) is 7.71. The summed E-state index contributed by atoms with van der Waals surface area (Å²) in [6, 6.07) is 14.3. The van der Waals surface area contributed by atoms with E-state index in [1.807, 2.05) is 36.4 Å². The van der Waals surface area contributed by atoms with Crippen molar-refractivity contribution in [3.05, 3.63) is 42.5 Å². The number of nitrogens with one attached hydrogen (secondary N) is 4. The van der Waals surface area contributed by atoms with Gasteiger partial charge in [-0.25, -0.2) is 0 Å². The molecule has 0 unspecified atom stereocenters. The molecule has 4 aromatic rings. The molecule has 1 saturated heterocycles. The fourth-order valence-electron chi connectivity index (χ4n) is 6.00. The molecule has 0 atom stereocenters. The summed E-state index contributed by atoms with van der Waals surface area (Å²) in [5.74, 6) is 2.11. The lowest BCUT2D eigenvalue weighted by atomic mass is 9.95. The highest BCUT2D eigenvalue weighted by Gasteiger charge is 2.29. The van der Waals surface area contributed by atoms with Gasteiger partial charge in [-0.15, -0.1) is 0 Å². The zero-order chi connectivity index (χ0) is 29.2. The zero-order valence-electron chi connectivity index (χ0n) is 24.5. The van der Waals surface area contributed by atoms with Gasteiger partial charge in [0, 0.05) is 48.1 Å². The fourth-order valence-corrected chi connectivity index (χ4v) is 6.00. The summed E-state index contributed by atoms with van der Waals surface area (Å²) >= 11 is 0. The van der Waals surface area contributed by atoms with E-state index >= 15 is 0 Å². The van der Waals surface area contributed by atoms with Gasteiger partial charge in [0.15, 0.2) is 5.65 Å². The second-order valence-corrected chi connectivity index (χ2v) is 11.6. The molecule has 0 radical (unpaired) electrons. The number of fused-ring (bicyclic) bond motifs is 1. The minimum absolute atomic E-state index is 0.0798. The number of hydrogen-bond donors (Lipinski definition) is 4. The molecule has 2 saturated carbocycles. The molecular formula is C32H38N8O3. The summed E-state index contributed by atoms with van der Waals surface area (Å²) in [6.45, 7) is 3.14. The average molecular weight is 583 g/mol. The lowest BCUT2D eigenvalue weighted by molar-refractivity contribution is -0.117. The van der Waals surface area contributed by atoms with E-state index in [0.717, 1.165) is 91.5 Å².